The lowest BCUT2D eigenvalue weighted by Gasteiger charge is -2.11. The number of thiophene rings is 2. The molecule has 1 amide bonds. The molecule has 0 saturated carbocycles. The first-order chi connectivity index (χ1) is 9.66. The van der Waals surface area contributed by atoms with Gasteiger partial charge in [0.05, 0.1) is 11.7 Å². The zero-order valence-corrected chi connectivity index (χ0v) is 12.4. The number of carbonyl (C=O) groups is 1. The first-order valence-corrected chi connectivity index (χ1v) is 7.83. The van der Waals surface area contributed by atoms with Crippen LogP contribution in [0, 0.1) is 0 Å². The fourth-order valence-electron chi connectivity index (χ4n) is 1.99. The van der Waals surface area contributed by atoms with Crippen molar-refractivity contribution in [1.82, 2.24) is 10.3 Å². The van der Waals surface area contributed by atoms with Crippen molar-refractivity contribution in [3.05, 3.63) is 45.6 Å². The molecule has 6 heteroatoms. The molecule has 3 N–H and O–H groups in total. The summed E-state index contributed by atoms with van der Waals surface area (Å²) in [6.07, 6.45) is 1.70. The standard InChI is InChI=1S/C14H13N3OS2/c1-8(10-5-3-7-19-10)17-13(18)12-11(15)9-4-2-6-16-14(9)20-12/h2-8H,15H2,1H3,(H,17,18). The zero-order chi connectivity index (χ0) is 14.1. The summed E-state index contributed by atoms with van der Waals surface area (Å²) in [5, 5.41) is 5.81. The van der Waals surface area contributed by atoms with Gasteiger partial charge in [0.2, 0.25) is 0 Å². The van der Waals surface area contributed by atoms with Crippen molar-refractivity contribution < 1.29 is 4.79 Å². The van der Waals surface area contributed by atoms with E-state index >= 15 is 0 Å². The monoisotopic (exact) mass is 303 g/mol. The highest BCUT2D eigenvalue weighted by Crippen LogP contribution is 2.32. The van der Waals surface area contributed by atoms with Crippen molar-refractivity contribution in [2.24, 2.45) is 0 Å². The molecule has 0 bridgehead atoms. The van der Waals surface area contributed by atoms with Crippen molar-refractivity contribution in [3.63, 3.8) is 0 Å². The largest absolute Gasteiger partial charge is 0.397 e. The minimum Gasteiger partial charge on any atom is -0.397 e. The van der Waals surface area contributed by atoms with Gasteiger partial charge in [0, 0.05) is 16.5 Å². The maximum atomic E-state index is 12.3. The number of anilines is 1. The Labute approximate surface area is 124 Å². The summed E-state index contributed by atoms with van der Waals surface area (Å²) in [6, 6.07) is 7.65. The molecule has 4 nitrogen and oxygen atoms in total. The molecule has 102 valence electrons. The Morgan fingerprint density at radius 1 is 1.40 bits per heavy atom. The minimum absolute atomic E-state index is 0.0277. The van der Waals surface area contributed by atoms with E-state index in [-0.39, 0.29) is 11.9 Å². The number of pyridine rings is 1. The third-order valence-corrected chi connectivity index (χ3v) is 5.21. The number of nitrogen functional groups attached to an aromatic ring is 1. The highest BCUT2D eigenvalue weighted by atomic mass is 32.1. The zero-order valence-electron chi connectivity index (χ0n) is 10.8. The number of nitrogens with one attached hydrogen (secondary N) is 1. The van der Waals surface area contributed by atoms with E-state index in [1.807, 2.05) is 36.6 Å². The number of amides is 1. The van der Waals surface area contributed by atoms with Crippen molar-refractivity contribution in [2.45, 2.75) is 13.0 Å². The van der Waals surface area contributed by atoms with E-state index in [2.05, 4.69) is 10.3 Å². The van der Waals surface area contributed by atoms with Gasteiger partial charge in [0.25, 0.3) is 5.91 Å². The van der Waals surface area contributed by atoms with Crippen LogP contribution in [0.25, 0.3) is 10.2 Å². The predicted octanol–water partition coefficient (Wildman–Crippen LogP) is 3.43. The van der Waals surface area contributed by atoms with Gasteiger partial charge in [0.15, 0.2) is 0 Å². The summed E-state index contributed by atoms with van der Waals surface area (Å²) in [6.45, 7) is 1.96. The minimum atomic E-state index is -0.147. The topological polar surface area (TPSA) is 68.0 Å². The first-order valence-electron chi connectivity index (χ1n) is 6.14. The van der Waals surface area contributed by atoms with Gasteiger partial charge in [-0.3, -0.25) is 4.79 Å². The molecule has 0 spiro atoms. The van der Waals surface area contributed by atoms with E-state index < -0.39 is 0 Å². The molecule has 3 heterocycles. The summed E-state index contributed by atoms with van der Waals surface area (Å²) in [5.74, 6) is -0.147. The average Bonchev–Trinajstić information content (AvgIpc) is 3.07. The fourth-order valence-corrected chi connectivity index (χ4v) is 3.69. The molecule has 0 aliphatic carbocycles. The predicted molar refractivity (Wildman–Crippen MR) is 84.2 cm³/mol. The molecule has 0 fully saturated rings. The molecule has 1 unspecified atom stereocenters. The van der Waals surface area contributed by atoms with E-state index in [0.717, 1.165) is 15.1 Å². The van der Waals surface area contributed by atoms with Gasteiger partial charge in [0.1, 0.15) is 9.71 Å². The van der Waals surface area contributed by atoms with Crippen molar-refractivity contribution >= 4 is 44.5 Å². The van der Waals surface area contributed by atoms with Gasteiger partial charge in [-0.1, -0.05) is 6.07 Å². The lowest BCUT2D eigenvalue weighted by Crippen LogP contribution is -2.25. The molecule has 3 rings (SSSR count). The van der Waals surface area contributed by atoms with Crippen LogP contribution >= 0.6 is 22.7 Å². The Morgan fingerprint density at radius 3 is 2.95 bits per heavy atom. The van der Waals surface area contributed by atoms with E-state index in [9.17, 15) is 4.79 Å². The summed E-state index contributed by atoms with van der Waals surface area (Å²) >= 11 is 2.95. The van der Waals surface area contributed by atoms with Crippen LogP contribution in [0.2, 0.25) is 0 Å². The number of carbonyl (C=O) groups excluding carboxylic acids is 1. The van der Waals surface area contributed by atoms with Gasteiger partial charge in [-0.05, 0) is 30.5 Å². The second-order valence-electron chi connectivity index (χ2n) is 4.41. The number of aromatic nitrogens is 1. The molecule has 0 aliphatic rings. The highest BCUT2D eigenvalue weighted by Gasteiger charge is 2.19. The quantitative estimate of drug-likeness (QED) is 0.779. The van der Waals surface area contributed by atoms with Gasteiger partial charge in [-0.15, -0.1) is 22.7 Å². The highest BCUT2D eigenvalue weighted by molar-refractivity contribution is 7.21. The van der Waals surface area contributed by atoms with E-state index in [4.69, 9.17) is 5.73 Å². The Hall–Kier alpha value is -1.92. The van der Waals surface area contributed by atoms with Crippen LogP contribution in [0.5, 0.6) is 0 Å². The smallest absolute Gasteiger partial charge is 0.264 e. The molecule has 0 aliphatic heterocycles. The number of nitrogens with two attached hydrogens (primary N) is 1. The molecule has 0 aromatic carbocycles. The van der Waals surface area contributed by atoms with Crippen molar-refractivity contribution in [1.29, 1.82) is 0 Å². The van der Waals surface area contributed by atoms with Crippen LogP contribution < -0.4 is 11.1 Å². The van der Waals surface area contributed by atoms with Crippen LogP contribution in [0.3, 0.4) is 0 Å². The van der Waals surface area contributed by atoms with E-state index in [0.29, 0.717) is 10.6 Å². The lowest BCUT2D eigenvalue weighted by atomic mass is 10.2. The van der Waals surface area contributed by atoms with Crippen LogP contribution in [-0.4, -0.2) is 10.9 Å². The molecule has 0 radical (unpaired) electrons. The average molecular weight is 303 g/mol. The summed E-state index contributed by atoms with van der Waals surface area (Å²) in [4.78, 5) is 19.0. The number of hydrogen-bond donors (Lipinski definition) is 2. The van der Waals surface area contributed by atoms with Crippen LogP contribution in [0.1, 0.15) is 27.5 Å². The van der Waals surface area contributed by atoms with Gasteiger partial charge >= 0.3 is 0 Å². The molecule has 3 aromatic heterocycles. The Kier molecular flexibility index (Phi) is 3.42. The molecular weight excluding hydrogens is 290 g/mol. The second-order valence-corrected chi connectivity index (χ2v) is 6.39. The van der Waals surface area contributed by atoms with Crippen molar-refractivity contribution in [2.75, 3.05) is 5.73 Å². The van der Waals surface area contributed by atoms with Crippen molar-refractivity contribution in [3.8, 4) is 0 Å². The van der Waals surface area contributed by atoms with E-state index in [1.165, 1.54) is 11.3 Å². The Bertz CT molecular complexity index is 749. The maximum Gasteiger partial charge on any atom is 0.264 e. The third-order valence-electron chi connectivity index (χ3n) is 3.03. The molecular formula is C14H13N3OS2. The normalized spacial score (nSPS) is 12.4. The van der Waals surface area contributed by atoms with Gasteiger partial charge in [-0.25, -0.2) is 4.98 Å². The summed E-state index contributed by atoms with van der Waals surface area (Å²) in [5.41, 5.74) is 6.55. The third kappa shape index (κ3) is 2.28. The summed E-state index contributed by atoms with van der Waals surface area (Å²) < 4.78 is 0. The summed E-state index contributed by atoms with van der Waals surface area (Å²) in [7, 11) is 0. The molecule has 1 atom stereocenters. The number of fused-ring (bicyclic) bond motifs is 1. The van der Waals surface area contributed by atoms with E-state index in [1.54, 1.807) is 17.5 Å². The van der Waals surface area contributed by atoms with Gasteiger partial charge < -0.3 is 11.1 Å². The van der Waals surface area contributed by atoms with Crippen LogP contribution in [0.15, 0.2) is 35.8 Å². The first kappa shape index (κ1) is 13.1. The molecule has 20 heavy (non-hydrogen) atoms. The number of hydrogen-bond acceptors (Lipinski definition) is 5. The maximum absolute atomic E-state index is 12.3. The molecule has 0 saturated heterocycles. The van der Waals surface area contributed by atoms with Gasteiger partial charge in [-0.2, -0.15) is 0 Å². The van der Waals surface area contributed by atoms with Crippen LogP contribution in [-0.2, 0) is 0 Å². The second kappa shape index (κ2) is 5.22. The Morgan fingerprint density at radius 2 is 2.25 bits per heavy atom. The van der Waals surface area contributed by atoms with Crippen LogP contribution in [0.4, 0.5) is 5.69 Å². The number of rotatable bonds is 3. The fraction of sp³-hybridized carbons (Fsp3) is 0.143. The lowest BCUT2D eigenvalue weighted by molar-refractivity contribution is 0.0945. The number of nitrogens with zero attached hydrogens (tertiary/aromatic N) is 1. The molecule has 3 aromatic rings. The SMILES string of the molecule is CC(NC(=O)c1sc2ncccc2c1N)c1cccs1. The Balaban J connectivity index is 1.87.